The van der Waals surface area contributed by atoms with Crippen LogP contribution in [0.1, 0.15) is 49.9 Å². The van der Waals surface area contributed by atoms with Crippen molar-refractivity contribution in [3.8, 4) is 44.9 Å². The molecular weight excluding hydrogens is 731 g/mol. The van der Waals surface area contributed by atoms with E-state index in [1.165, 1.54) is 44.5 Å². The molecule has 286 valence electrons. The molecule has 0 bridgehead atoms. The van der Waals surface area contributed by atoms with E-state index in [0.717, 1.165) is 66.7 Å². The van der Waals surface area contributed by atoms with E-state index >= 15 is 0 Å². The zero-order valence-electron chi connectivity index (χ0n) is 34.0. The van der Waals surface area contributed by atoms with Crippen LogP contribution in [0.15, 0.2) is 180 Å². The Bertz CT molecular complexity index is 3390. The predicted molar refractivity (Wildman–Crippen MR) is 247 cm³/mol. The number of nitrogens with zero attached hydrogens (tertiary/aromatic N) is 3. The second kappa shape index (κ2) is 12.6. The third-order valence-corrected chi connectivity index (χ3v) is 13.3. The maximum Gasteiger partial charge on any atom is 0.161 e. The predicted octanol–water partition coefficient (Wildman–Crippen LogP) is 14.9. The van der Waals surface area contributed by atoms with Crippen LogP contribution in [-0.4, -0.2) is 9.97 Å². The molecule has 8 aromatic carbocycles. The Morgan fingerprint density at radius 2 is 1.08 bits per heavy atom. The second-order valence-corrected chi connectivity index (χ2v) is 17.3. The molecule has 2 aromatic heterocycles. The van der Waals surface area contributed by atoms with E-state index < -0.39 is 0 Å². The monoisotopic (exact) mass is 771 g/mol. The summed E-state index contributed by atoms with van der Waals surface area (Å²) in [6.07, 6.45) is 0. The molecule has 2 heterocycles. The van der Waals surface area contributed by atoms with Crippen molar-refractivity contribution in [2.75, 3.05) is 4.90 Å². The van der Waals surface area contributed by atoms with Crippen LogP contribution in [-0.2, 0) is 10.8 Å². The van der Waals surface area contributed by atoms with Gasteiger partial charge >= 0.3 is 0 Å². The Kier molecular flexibility index (Phi) is 7.29. The fourth-order valence-electron chi connectivity index (χ4n) is 10.3. The van der Waals surface area contributed by atoms with Crippen molar-refractivity contribution in [1.82, 2.24) is 9.97 Å². The Morgan fingerprint density at radius 3 is 1.93 bits per heavy atom. The largest absolute Gasteiger partial charge is 0.456 e. The van der Waals surface area contributed by atoms with Gasteiger partial charge in [0, 0.05) is 55.1 Å². The van der Waals surface area contributed by atoms with Gasteiger partial charge < -0.3 is 9.32 Å². The Labute approximate surface area is 349 Å². The number of furan rings is 1. The lowest BCUT2D eigenvalue weighted by molar-refractivity contribution is 0.660. The number of benzene rings is 8. The Morgan fingerprint density at radius 1 is 0.450 bits per heavy atom. The van der Waals surface area contributed by atoms with Crippen LogP contribution >= 0.6 is 0 Å². The topological polar surface area (TPSA) is 42.2 Å². The SMILES string of the molecule is CC1(C)c2ccccc2-c2ccc(N(c3ccc4oc5cccc(-c6nc(-c7ccccc7)c7ccccc7n6)c5c4c3)c3cccc4c3-c3ccccc3C4(C)C)cc21. The van der Waals surface area contributed by atoms with E-state index in [4.69, 9.17) is 14.4 Å². The first-order valence-electron chi connectivity index (χ1n) is 20.8. The minimum Gasteiger partial charge on any atom is -0.456 e. The van der Waals surface area contributed by atoms with Crippen molar-refractivity contribution in [3.63, 3.8) is 0 Å². The summed E-state index contributed by atoms with van der Waals surface area (Å²) in [5.74, 6) is 0.670. The minimum atomic E-state index is -0.154. The van der Waals surface area contributed by atoms with Crippen LogP contribution in [0.2, 0.25) is 0 Å². The van der Waals surface area contributed by atoms with Crippen molar-refractivity contribution in [1.29, 1.82) is 0 Å². The Hall–Kier alpha value is -7.30. The molecule has 2 aliphatic carbocycles. The molecular formula is C56H41N3O. The lowest BCUT2D eigenvalue weighted by Gasteiger charge is -2.30. The highest BCUT2D eigenvalue weighted by molar-refractivity contribution is 6.13. The molecule has 2 aliphatic rings. The smallest absolute Gasteiger partial charge is 0.161 e. The minimum absolute atomic E-state index is 0.146. The van der Waals surface area contributed by atoms with E-state index in [1.54, 1.807) is 0 Å². The molecule has 0 fully saturated rings. The number of hydrogen-bond donors (Lipinski definition) is 0. The van der Waals surface area contributed by atoms with Gasteiger partial charge in [-0.05, 0) is 87.5 Å². The number of para-hydroxylation sites is 1. The normalized spacial score (nSPS) is 14.3. The van der Waals surface area contributed by atoms with E-state index in [0.29, 0.717) is 5.82 Å². The maximum absolute atomic E-state index is 6.66. The van der Waals surface area contributed by atoms with E-state index in [9.17, 15) is 0 Å². The van der Waals surface area contributed by atoms with E-state index in [-0.39, 0.29) is 10.8 Å². The van der Waals surface area contributed by atoms with Crippen LogP contribution in [0.4, 0.5) is 17.1 Å². The average molecular weight is 772 g/mol. The molecule has 4 nitrogen and oxygen atoms in total. The van der Waals surface area contributed by atoms with Gasteiger partial charge in [-0.3, -0.25) is 0 Å². The highest BCUT2D eigenvalue weighted by Gasteiger charge is 2.39. The van der Waals surface area contributed by atoms with Gasteiger partial charge in [0.05, 0.1) is 16.9 Å². The van der Waals surface area contributed by atoms with Crippen molar-refractivity contribution >= 4 is 49.9 Å². The zero-order chi connectivity index (χ0) is 40.3. The second-order valence-electron chi connectivity index (χ2n) is 17.3. The summed E-state index contributed by atoms with van der Waals surface area (Å²) >= 11 is 0. The maximum atomic E-state index is 6.66. The molecule has 0 atom stereocenters. The highest BCUT2D eigenvalue weighted by Crippen LogP contribution is 2.56. The molecule has 60 heavy (non-hydrogen) atoms. The van der Waals surface area contributed by atoms with Crippen LogP contribution in [0.5, 0.6) is 0 Å². The molecule has 0 radical (unpaired) electrons. The van der Waals surface area contributed by atoms with Crippen LogP contribution in [0.3, 0.4) is 0 Å². The van der Waals surface area contributed by atoms with Gasteiger partial charge in [-0.2, -0.15) is 0 Å². The van der Waals surface area contributed by atoms with E-state index in [2.05, 4.69) is 190 Å². The first kappa shape index (κ1) is 34.7. The molecule has 0 saturated carbocycles. The summed E-state index contributed by atoms with van der Waals surface area (Å²) in [5, 5.41) is 3.04. The molecule has 0 unspecified atom stereocenters. The number of anilines is 3. The number of aromatic nitrogens is 2. The fourth-order valence-corrected chi connectivity index (χ4v) is 10.3. The van der Waals surface area contributed by atoms with Crippen molar-refractivity contribution in [3.05, 3.63) is 198 Å². The molecule has 4 heteroatoms. The summed E-state index contributed by atoms with van der Waals surface area (Å²) in [5.41, 5.74) is 19.0. The third kappa shape index (κ3) is 4.91. The summed E-state index contributed by atoms with van der Waals surface area (Å²) in [7, 11) is 0. The van der Waals surface area contributed by atoms with Gasteiger partial charge in [-0.1, -0.05) is 155 Å². The Balaban J connectivity index is 1.11. The van der Waals surface area contributed by atoms with Crippen molar-refractivity contribution in [2.24, 2.45) is 0 Å². The summed E-state index contributed by atoms with van der Waals surface area (Å²) in [6.45, 7) is 9.41. The summed E-state index contributed by atoms with van der Waals surface area (Å²) in [4.78, 5) is 13.0. The number of fused-ring (bicyclic) bond motifs is 10. The summed E-state index contributed by atoms with van der Waals surface area (Å²) in [6, 6.07) is 63.2. The third-order valence-electron chi connectivity index (χ3n) is 13.3. The molecule has 0 N–H and O–H groups in total. The van der Waals surface area contributed by atoms with Gasteiger partial charge in [0.25, 0.3) is 0 Å². The van der Waals surface area contributed by atoms with Gasteiger partial charge in [-0.15, -0.1) is 0 Å². The molecule has 10 aromatic rings. The first-order chi connectivity index (χ1) is 29.3. The molecule has 0 saturated heterocycles. The molecule has 0 spiro atoms. The molecule has 12 rings (SSSR count). The zero-order valence-corrected chi connectivity index (χ0v) is 34.0. The van der Waals surface area contributed by atoms with Crippen LogP contribution in [0.25, 0.3) is 77.7 Å². The van der Waals surface area contributed by atoms with E-state index in [1.807, 2.05) is 18.2 Å². The summed E-state index contributed by atoms with van der Waals surface area (Å²) < 4.78 is 6.66. The number of rotatable bonds is 5. The van der Waals surface area contributed by atoms with Gasteiger partial charge in [0.1, 0.15) is 11.2 Å². The quantitative estimate of drug-likeness (QED) is 0.175. The number of hydrogen-bond acceptors (Lipinski definition) is 4. The standard InChI is InChI=1S/C56H41N3O/c1-55(2)44-23-12-9-19-39(44)52-45(55)24-15-26-48(52)59(36-28-30-38-37-18-8-11-22-43(37)56(3,4)46(38)33-36)35-29-31-49-42(32-35)51-41(21-14-27-50(51)60-49)54-57-47-25-13-10-20-40(47)53(58-54)34-16-6-5-7-17-34/h5-33H,1-4H3. The van der Waals surface area contributed by atoms with Crippen LogP contribution in [0, 0.1) is 0 Å². The van der Waals surface area contributed by atoms with Gasteiger partial charge in [0.15, 0.2) is 5.82 Å². The van der Waals surface area contributed by atoms with Gasteiger partial charge in [-0.25, -0.2) is 9.97 Å². The lowest BCUT2D eigenvalue weighted by Crippen LogP contribution is -2.17. The lowest BCUT2D eigenvalue weighted by atomic mass is 9.82. The fraction of sp³-hybridized carbons (Fsp3) is 0.107. The molecule has 0 aliphatic heterocycles. The van der Waals surface area contributed by atoms with Crippen molar-refractivity contribution in [2.45, 2.75) is 38.5 Å². The van der Waals surface area contributed by atoms with Crippen molar-refractivity contribution < 1.29 is 4.42 Å². The molecule has 0 amide bonds. The average Bonchev–Trinajstić information content (AvgIpc) is 3.86. The van der Waals surface area contributed by atoms with Crippen LogP contribution < -0.4 is 4.90 Å². The first-order valence-corrected chi connectivity index (χ1v) is 20.8. The van der Waals surface area contributed by atoms with Gasteiger partial charge in [0.2, 0.25) is 0 Å². The highest BCUT2D eigenvalue weighted by atomic mass is 16.3.